The summed E-state index contributed by atoms with van der Waals surface area (Å²) in [4.78, 5) is 0. The first-order chi connectivity index (χ1) is 10.1. The van der Waals surface area contributed by atoms with Crippen molar-refractivity contribution in [2.45, 2.75) is 45.4 Å². The fourth-order valence-electron chi connectivity index (χ4n) is 2.17. The van der Waals surface area contributed by atoms with Crippen LogP contribution >= 0.6 is 11.8 Å². The molecule has 2 unspecified atom stereocenters. The van der Waals surface area contributed by atoms with E-state index in [0.717, 1.165) is 30.1 Å². The molecule has 116 valence electrons. The van der Waals surface area contributed by atoms with E-state index in [1.807, 2.05) is 23.9 Å². The standard InChI is InChI=1S/C18H27NOS/c1-5-10-19-16(12-21-14(4)13(2)3)18-11-15-8-6-7-9-17(15)20-18/h6-9,11,13-14,16,19H,5,10,12H2,1-4H3. The zero-order valence-electron chi connectivity index (χ0n) is 13.6. The van der Waals surface area contributed by atoms with Crippen LogP contribution < -0.4 is 5.32 Å². The van der Waals surface area contributed by atoms with Crippen LogP contribution in [0.1, 0.15) is 45.9 Å². The Balaban J connectivity index is 2.10. The molecule has 0 amide bonds. The van der Waals surface area contributed by atoms with Gasteiger partial charge in [0.05, 0.1) is 6.04 Å². The van der Waals surface area contributed by atoms with Gasteiger partial charge in [0.25, 0.3) is 0 Å². The first kappa shape index (κ1) is 16.4. The molecular weight excluding hydrogens is 278 g/mol. The number of fused-ring (bicyclic) bond motifs is 1. The molecule has 1 heterocycles. The molecule has 2 aromatic rings. The van der Waals surface area contributed by atoms with Gasteiger partial charge in [0.15, 0.2) is 0 Å². The fourth-order valence-corrected chi connectivity index (χ4v) is 3.34. The van der Waals surface area contributed by atoms with E-state index in [2.05, 4.69) is 51.2 Å². The van der Waals surface area contributed by atoms with Crippen LogP contribution in [0.2, 0.25) is 0 Å². The lowest BCUT2D eigenvalue weighted by Gasteiger charge is -2.20. The van der Waals surface area contributed by atoms with Crippen molar-refractivity contribution < 1.29 is 4.42 Å². The summed E-state index contributed by atoms with van der Waals surface area (Å²) in [5.74, 6) is 2.82. The van der Waals surface area contributed by atoms with E-state index < -0.39 is 0 Å². The normalized spacial score (nSPS) is 14.7. The maximum Gasteiger partial charge on any atom is 0.134 e. The second kappa shape index (κ2) is 7.90. The number of para-hydroxylation sites is 1. The van der Waals surface area contributed by atoms with Crippen molar-refractivity contribution in [1.29, 1.82) is 0 Å². The van der Waals surface area contributed by atoms with Crippen LogP contribution in [-0.2, 0) is 0 Å². The lowest BCUT2D eigenvalue weighted by Crippen LogP contribution is -2.25. The molecule has 0 aliphatic carbocycles. The maximum absolute atomic E-state index is 6.04. The van der Waals surface area contributed by atoms with Crippen molar-refractivity contribution in [3.05, 3.63) is 36.1 Å². The van der Waals surface area contributed by atoms with E-state index in [0.29, 0.717) is 17.2 Å². The molecule has 2 nitrogen and oxygen atoms in total. The van der Waals surface area contributed by atoms with Gasteiger partial charge in [-0.15, -0.1) is 0 Å². The topological polar surface area (TPSA) is 25.2 Å². The van der Waals surface area contributed by atoms with Crippen molar-refractivity contribution in [1.82, 2.24) is 5.32 Å². The summed E-state index contributed by atoms with van der Waals surface area (Å²) in [6.07, 6.45) is 1.14. The molecule has 0 aliphatic heterocycles. The summed E-state index contributed by atoms with van der Waals surface area (Å²) in [5, 5.41) is 5.49. The Labute approximate surface area is 132 Å². The zero-order chi connectivity index (χ0) is 15.2. The van der Waals surface area contributed by atoms with Crippen molar-refractivity contribution >= 4 is 22.7 Å². The van der Waals surface area contributed by atoms with E-state index >= 15 is 0 Å². The van der Waals surface area contributed by atoms with Gasteiger partial charge in [-0.25, -0.2) is 0 Å². The van der Waals surface area contributed by atoms with Gasteiger partial charge in [-0.2, -0.15) is 11.8 Å². The third-order valence-electron chi connectivity index (χ3n) is 3.89. The van der Waals surface area contributed by atoms with Crippen molar-refractivity contribution in [2.75, 3.05) is 12.3 Å². The van der Waals surface area contributed by atoms with Gasteiger partial charge in [0.2, 0.25) is 0 Å². The summed E-state index contributed by atoms with van der Waals surface area (Å²) in [7, 11) is 0. The molecule has 0 bridgehead atoms. The molecule has 0 spiro atoms. The third kappa shape index (κ3) is 4.52. The second-order valence-electron chi connectivity index (χ2n) is 5.98. The van der Waals surface area contributed by atoms with E-state index in [1.165, 1.54) is 5.39 Å². The lowest BCUT2D eigenvalue weighted by atomic mass is 10.2. The Morgan fingerprint density at radius 3 is 2.62 bits per heavy atom. The van der Waals surface area contributed by atoms with Crippen molar-refractivity contribution in [3.8, 4) is 0 Å². The minimum absolute atomic E-state index is 0.295. The molecule has 2 rings (SSSR count). The Bertz CT molecular complexity index is 516. The molecule has 0 saturated carbocycles. The van der Waals surface area contributed by atoms with Crippen LogP contribution in [-0.4, -0.2) is 17.5 Å². The quantitative estimate of drug-likeness (QED) is 0.721. The number of rotatable bonds is 8. The highest BCUT2D eigenvalue weighted by molar-refractivity contribution is 7.99. The average molecular weight is 305 g/mol. The molecule has 2 atom stereocenters. The molecule has 1 N–H and O–H groups in total. The van der Waals surface area contributed by atoms with E-state index in [4.69, 9.17) is 4.42 Å². The van der Waals surface area contributed by atoms with Crippen molar-refractivity contribution in [2.24, 2.45) is 5.92 Å². The van der Waals surface area contributed by atoms with Crippen LogP contribution in [0, 0.1) is 5.92 Å². The van der Waals surface area contributed by atoms with Gasteiger partial charge in [0.1, 0.15) is 11.3 Å². The zero-order valence-corrected chi connectivity index (χ0v) is 14.4. The summed E-state index contributed by atoms with van der Waals surface area (Å²) < 4.78 is 6.04. The largest absolute Gasteiger partial charge is 0.459 e. The molecule has 1 aromatic heterocycles. The first-order valence-corrected chi connectivity index (χ1v) is 9.00. The predicted molar refractivity (Wildman–Crippen MR) is 94.0 cm³/mol. The molecule has 0 fully saturated rings. The Morgan fingerprint density at radius 1 is 1.19 bits per heavy atom. The SMILES string of the molecule is CCCNC(CSC(C)C(C)C)c1cc2ccccc2o1. The second-order valence-corrected chi connectivity index (χ2v) is 7.39. The number of hydrogen-bond acceptors (Lipinski definition) is 3. The van der Waals surface area contributed by atoms with E-state index in [1.54, 1.807) is 0 Å². The minimum Gasteiger partial charge on any atom is -0.459 e. The molecule has 0 aliphatic rings. The third-order valence-corrected chi connectivity index (χ3v) is 5.49. The monoisotopic (exact) mass is 305 g/mol. The predicted octanol–water partition coefficient (Wildman–Crippen LogP) is 5.25. The Kier molecular flexibility index (Phi) is 6.19. The van der Waals surface area contributed by atoms with Gasteiger partial charge in [0, 0.05) is 16.4 Å². The van der Waals surface area contributed by atoms with Gasteiger partial charge in [-0.05, 0) is 31.0 Å². The molecule has 3 heteroatoms. The van der Waals surface area contributed by atoms with Crippen LogP contribution in [0.5, 0.6) is 0 Å². The highest BCUT2D eigenvalue weighted by atomic mass is 32.2. The highest BCUT2D eigenvalue weighted by Gasteiger charge is 2.18. The summed E-state index contributed by atoms with van der Waals surface area (Å²) in [6.45, 7) is 10.1. The molecule has 0 saturated heterocycles. The highest BCUT2D eigenvalue weighted by Crippen LogP contribution is 2.29. The van der Waals surface area contributed by atoms with Crippen LogP contribution in [0.25, 0.3) is 11.0 Å². The Hall–Kier alpha value is -0.930. The number of furan rings is 1. The first-order valence-electron chi connectivity index (χ1n) is 7.95. The van der Waals surface area contributed by atoms with Crippen LogP contribution in [0.15, 0.2) is 34.7 Å². The Morgan fingerprint density at radius 2 is 1.95 bits per heavy atom. The lowest BCUT2D eigenvalue weighted by molar-refractivity contribution is 0.455. The van der Waals surface area contributed by atoms with E-state index in [-0.39, 0.29) is 0 Å². The van der Waals surface area contributed by atoms with Crippen LogP contribution in [0.3, 0.4) is 0 Å². The van der Waals surface area contributed by atoms with Gasteiger partial charge >= 0.3 is 0 Å². The fraction of sp³-hybridized carbons (Fsp3) is 0.556. The summed E-state index contributed by atoms with van der Waals surface area (Å²) in [6, 6.07) is 10.7. The molecular formula is C18H27NOS. The van der Waals surface area contributed by atoms with Crippen LogP contribution in [0.4, 0.5) is 0 Å². The van der Waals surface area contributed by atoms with Gasteiger partial charge in [-0.3, -0.25) is 0 Å². The maximum atomic E-state index is 6.04. The van der Waals surface area contributed by atoms with E-state index in [9.17, 15) is 0 Å². The number of nitrogens with one attached hydrogen (secondary N) is 1. The van der Waals surface area contributed by atoms with Crippen molar-refractivity contribution in [3.63, 3.8) is 0 Å². The molecule has 0 radical (unpaired) electrons. The smallest absolute Gasteiger partial charge is 0.134 e. The number of hydrogen-bond donors (Lipinski definition) is 1. The number of benzene rings is 1. The van der Waals surface area contributed by atoms with Gasteiger partial charge in [-0.1, -0.05) is 45.9 Å². The molecule has 1 aromatic carbocycles. The summed E-state index contributed by atoms with van der Waals surface area (Å²) in [5.41, 5.74) is 0.984. The number of thioether (sulfide) groups is 1. The molecule has 21 heavy (non-hydrogen) atoms. The summed E-state index contributed by atoms with van der Waals surface area (Å²) >= 11 is 2.03. The minimum atomic E-state index is 0.295. The average Bonchev–Trinajstić information content (AvgIpc) is 2.90. The van der Waals surface area contributed by atoms with Gasteiger partial charge < -0.3 is 9.73 Å².